The number of amides is 1. The molecular weight excluding hydrogens is 356 g/mol. The maximum absolute atomic E-state index is 12.5. The molecule has 0 saturated heterocycles. The van der Waals surface area contributed by atoms with Crippen LogP contribution in [0.15, 0.2) is 41.3 Å². The van der Waals surface area contributed by atoms with Crippen LogP contribution in [0.25, 0.3) is 0 Å². The molecule has 0 saturated carbocycles. The Morgan fingerprint density at radius 1 is 1.15 bits per heavy atom. The number of carbonyl (C=O) groups excluding carboxylic acids is 1. The van der Waals surface area contributed by atoms with Crippen molar-refractivity contribution in [1.82, 2.24) is 0 Å². The smallest absolute Gasteiger partial charge is 0.269 e. The van der Waals surface area contributed by atoms with Gasteiger partial charge in [-0.1, -0.05) is 0 Å². The van der Waals surface area contributed by atoms with Gasteiger partial charge in [0.25, 0.3) is 5.69 Å². The lowest BCUT2D eigenvalue weighted by Crippen LogP contribution is -2.22. The molecule has 7 nitrogen and oxygen atoms in total. The highest BCUT2D eigenvalue weighted by Crippen LogP contribution is 2.33. The maximum Gasteiger partial charge on any atom is 0.269 e. The first-order valence-electron chi connectivity index (χ1n) is 7.80. The molecule has 0 aliphatic carbocycles. The lowest BCUT2D eigenvalue weighted by atomic mass is 10.1. The summed E-state index contributed by atoms with van der Waals surface area (Å²) in [6.45, 7) is 3.64. The van der Waals surface area contributed by atoms with E-state index in [1.165, 1.54) is 31.0 Å². The van der Waals surface area contributed by atoms with Crippen LogP contribution < -0.4 is 14.8 Å². The van der Waals surface area contributed by atoms with E-state index >= 15 is 0 Å². The molecule has 2 aromatic rings. The number of nitro groups is 1. The van der Waals surface area contributed by atoms with Crippen molar-refractivity contribution in [3.05, 3.63) is 52.1 Å². The Bertz CT molecular complexity index is 808. The van der Waals surface area contributed by atoms with Gasteiger partial charge in [-0.15, -0.1) is 11.8 Å². The van der Waals surface area contributed by atoms with E-state index in [2.05, 4.69) is 5.32 Å². The number of nitrogens with zero attached hydrogens (tertiary/aromatic N) is 1. The molecule has 1 amide bonds. The van der Waals surface area contributed by atoms with Crippen LogP contribution in [0.5, 0.6) is 11.5 Å². The number of carbonyl (C=O) groups is 1. The standard InChI is InChI=1S/C18H20N2O5S/c1-11-9-16(24-3)17(25-4)10-15(11)19-18(21)12(2)26-14-7-5-13(6-8-14)20(22)23/h5-10,12H,1-4H3,(H,19,21)/t12-/m0/s1. The van der Waals surface area contributed by atoms with Gasteiger partial charge in [0.15, 0.2) is 11.5 Å². The molecule has 0 aliphatic rings. The van der Waals surface area contributed by atoms with Gasteiger partial charge in [-0.25, -0.2) is 0 Å². The van der Waals surface area contributed by atoms with E-state index in [0.717, 1.165) is 10.5 Å². The first-order chi connectivity index (χ1) is 12.3. The summed E-state index contributed by atoms with van der Waals surface area (Å²) in [7, 11) is 3.09. The molecule has 26 heavy (non-hydrogen) atoms. The topological polar surface area (TPSA) is 90.7 Å². The molecule has 0 heterocycles. The number of nitro benzene ring substituents is 1. The maximum atomic E-state index is 12.5. The average molecular weight is 376 g/mol. The monoisotopic (exact) mass is 376 g/mol. The van der Waals surface area contributed by atoms with Gasteiger partial charge in [-0.3, -0.25) is 14.9 Å². The van der Waals surface area contributed by atoms with Crippen LogP contribution in [-0.2, 0) is 4.79 Å². The molecule has 2 aromatic carbocycles. The van der Waals surface area contributed by atoms with Crippen LogP contribution in [0.3, 0.4) is 0 Å². The third kappa shape index (κ3) is 4.66. The molecule has 0 radical (unpaired) electrons. The van der Waals surface area contributed by atoms with E-state index in [-0.39, 0.29) is 16.8 Å². The van der Waals surface area contributed by atoms with Crippen LogP contribution in [0.2, 0.25) is 0 Å². The number of benzene rings is 2. The zero-order chi connectivity index (χ0) is 19.3. The van der Waals surface area contributed by atoms with Crippen molar-refractivity contribution < 1.29 is 19.2 Å². The molecule has 0 aromatic heterocycles. The predicted octanol–water partition coefficient (Wildman–Crippen LogP) is 4.04. The lowest BCUT2D eigenvalue weighted by molar-refractivity contribution is -0.384. The Kier molecular flexibility index (Phi) is 6.46. The molecule has 0 spiro atoms. The van der Waals surface area contributed by atoms with Crippen molar-refractivity contribution >= 4 is 29.0 Å². The summed E-state index contributed by atoms with van der Waals surface area (Å²) in [6.07, 6.45) is 0. The number of ether oxygens (including phenoxy) is 2. The van der Waals surface area contributed by atoms with Crippen LogP contribution >= 0.6 is 11.8 Å². The van der Waals surface area contributed by atoms with Gasteiger partial charge in [-0.2, -0.15) is 0 Å². The lowest BCUT2D eigenvalue weighted by Gasteiger charge is -2.16. The summed E-state index contributed by atoms with van der Waals surface area (Å²) in [5, 5.41) is 13.2. The number of hydrogen-bond acceptors (Lipinski definition) is 6. The predicted molar refractivity (Wildman–Crippen MR) is 101 cm³/mol. The Morgan fingerprint density at radius 3 is 2.27 bits per heavy atom. The molecule has 1 N–H and O–H groups in total. The molecule has 0 fully saturated rings. The quantitative estimate of drug-likeness (QED) is 0.445. The number of non-ortho nitro benzene ring substituents is 1. The molecule has 8 heteroatoms. The zero-order valence-corrected chi connectivity index (χ0v) is 15.8. The summed E-state index contributed by atoms with van der Waals surface area (Å²) >= 11 is 1.32. The first-order valence-corrected chi connectivity index (χ1v) is 8.68. The van der Waals surface area contributed by atoms with Crippen LogP contribution in [0, 0.1) is 17.0 Å². The minimum Gasteiger partial charge on any atom is -0.493 e. The van der Waals surface area contributed by atoms with Gasteiger partial charge in [0.05, 0.1) is 24.4 Å². The van der Waals surface area contributed by atoms with Gasteiger partial charge in [0.1, 0.15) is 0 Å². The van der Waals surface area contributed by atoms with Crippen molar-refractivity contribution in [1.29, 1.82) is 0 Å². The number of nitrogens with one attached hydrogen (secondary N) is 1. The van der Waals surface area contributed by atoms with E-state index in [1.807, 2.05) is 6.92 Å². The highest BCUT2D eigenvalue weighted by atomic mass is 32.2. The van der Waals surface area contributed by atoms with Gasteiger partial charge in [0.2, 0.25) is 5.91 Å². The fourth-order valence-corrected chi connectivity index (χ4v) is 3.12. The van der Waals surface area contributed by atoms with Crippen LogP contribution in [0.4, 0.5) is 11.4 Å². The second-order valence-electron chi connectivity index (χ2n) is 5.52. The molecule has 0 aliphatic heterocycles. The van der Waals surface area contributed by atoms with Crippen molar-refractivity contribution in [3.8, 4) is 11.5 Å². The summed E-state index contributed by atoms with van der Waals surface area (Å²) in [4.78, 5) is 23.5. The second-order valence-corrected chi connectivity index (χ2v) is 6.94. The third-order valence-electron chi connectivity index (χ3n) is 3.72. The normalized spacial score (nSPS) is 11.5. The van der Waals surface area contributed by atoms with Gasteiger partial charge >= 0.3 is 0 Å². The van der Waals surface area contributed by atoms with E-state index < -0.39 is 4.92 Å². The van der Waals surface area contributed by atoms with Crippen molar-refractivity contribution in [2.45, 2.75) is 24.0 Å². The van der Waals surface area contributed by atoms with E-state index in [0.29, 0.717) is 17.2 Å². The van der Waals surface area contributed by atoms with Gasteiger partial charge < -0.3 is 14.8 Å². The minimum absolute atomic E-state index is 0.0207. The molecule has 1 atom stereocenters. The zero-order valence-electron chi connectivity index (χ0n) is 14.9. The van der Waals surface area contributed by atoms with Crippen molar-refractivity contribution in [2.75, 3.05) is 19.5 Å². The Balaban J connectivity index is 2.08. The second kappa shape index (κ2) is 8.57. The Labute approximate surface area is 155 Å². The Morgan fingerprint density at radius 2 is 1.73 bits per heavy atom. The molecule has 0 unspecified atom stereocenters. The summed E-state index contributed by atoms with van der Waals surface area (Å²) in [5.41, 5.74) is 1.51. The first kappa shape index (κ1) is 19.6. The molecular formula is C18H20N2O5S. The fraction of sp³-hybridized carbons (Fsp3) is 0.278. The number of hydrogen-bond donors (Lipinski definition) is 1. The summed E-state index contributed by atoms with van der Waals surface area (Å²) < 4.78 is 10.5. The van der Waals surface area contributed by atoms with E-state index in [1.54, 1.807) is 38.3 Å². The van der Waals surface area contributed by atoms with Crippen molar-refractivity contribution in [3.63, 3.8) is 0 Å². The SMILES string of the molecule is COc1cc(C)c(NC(=O)[C@H](C)Sc2ccc([N+](=O)[O-])cc2)cc1OC. The summed E-state index contributed by atoms with van der Waals surface area (Å²) in [5.74, 6) is 0.948. The largest absolute Gasteiger partial charge is 0.493 e. The van der Waals surface area contributed by atoms with Crippen molar-refractivity contribution in [2.24, 2.45) is 0 Å². The van der Waals surface area contributed by atoms with Crippen LogP contribution in [-0.4, -0.2) is 30.3 Å². The number of aryl methyl sites for hydroxylation is 1. The Hall–Kier alpha value is -2.74. The fourth-order valence-electron chi connectivity index (χ4n) is 2.25. The highest BCUT2D eigenvalue weighted by molar-refractivity contribution is 8.00. The minimum atomic E-state index is -0.454. The molecule has 2 rings (SSSR count). The molecule has 0 bridgehead atoms. The van der Waals surface area contributed by atoms with E-state index in [4.69, 9.17) is 9.47 Å². The van der Waals surface area contributed by atoms with Crippen LogP contribution in [0.1, 0.15) is 12.5 Å². The number of methoxy groups -OCH3 is 2. The highest BCUT2D eigenvalue weighted by Gasteiger charge is 2.17. The van der Waals surface area contributed by atoms with Gasteiger partial charge in [0, 0.05) is 28.8 Å². The summed E-state index contributed by atoms with van der Waals surface area (Å²) in [6, 6.07) is 9.62. The number of rotatable bonds is 7. The number of anilines is 1. The number of thioether (sulfide) groups is 1. The van der Waals surface area contributed by atoms with Gasteiger partial charge in [-0.05, 0) is 37.6 Å². The average Bonchev–Trinajstić information content (AvgIpc) is 2.63. The molecule has 138 valence electrons. The third-order valence-corrected chi connectivity index (χ3v) is 4.83. The van der Waals surface area contributed by atoms with E-state index in [9.17, 15) is 14.9 Å².